The molecule has 4 heteroatoms. The van der Waals surface area contributed by atoms with Gasteiger partial charge in [0.15, 0.2) is 0 Å². The Morgan fingerprint density at radius 1 is 1.07 bits per heavy atom. The van der Waals surface area contributed by atoms with Crippen LogP contribution in [0.3, 0.4) is 0 Å². The fourth-order valence-corrected chi connectivity index (χ4v) is 3.12. The van der Waals surface area contributed by atoms with Gasteiger partial charge in [0.25, 0.3) is 0 Å². The summed E-state index contributed by atoms with van der Waals surface area (Å²) in [5.74, 6) is 0. The van der Waals surface area contributed by atoms with Crippen molar-refractivity contribution in [1.82, 2.24) is 0 Å². The molecule has 1 aromatic rings. The Bertz CT molecular complexity index is 339. The van der Waals surface area contributed by atoms with Gasteiger partial charge in [-0.05, 0) is 0 Å². The predicted octanol–water partition coefficient (Wildman–Crippen LogP) is 3.26. The molecule has 0 saturated heterocycles. The van der Waals surface area contributed by atoms with Crippen LogP contribution in [-0.2, 0) is 0 Å². The summed E-state index contributed by atoms with van der Waals surface area (Å²) in [5.41, 5.74) is 1.32. The van der Waals surface area contributed by atoms with Gasteiger partial charge in [0, 0.05) is 6.08 Å². The molecule has 0 amide bonds. The van der Waals surface area contributed by atoms with E-state index in [2.05, 4.69) is 0 Å². The highest BCUT2D eigenvalue weighted by molar-refractivity contribution is 6.93. The van der Waals surface area contributed by atoms with Gasteiger partial charge in [-0.2, -0.15) is 13.2 Å². The Labute approximate surface area is 88.4 Å². The van der Waals surface area contributed by atoms with Gasteiger partial charge in [-0.1, -0.05) is 54.3 Å². The zero-order valence-corrected chi connectivity index (χ0v) is 9.68. The van der Waals surface area contributed by atoms with Crippen molar-refractivity contribution in [3.8, 4) is 0 Å². The first-order chi connectivity index (χ1) is 6.81. The lowest BCUT2D eigenvalue weighted by Gasteiger charge is -2.18. The van der Waals surface area contributed by atoms with Crippen molar-refractivity contribution in [3.63, 3.8) is 0 Å². The van der Waals surface area contributed by atoms with Gasteiger partial charge in [-0.15, -0.1) is 0 Å². The average Bonchev–Trinajstić information content (AvgIpc) is 2.16. The quantitative estimate of drug-likeness (QED) is 0.684. The summed E-state index contributed by atoms with van der Waals surface area (Å²) >= 11 is 0. The first kappa shape index (κ1) is 12.0. The summed E-state index contributed by atoms with van der Waals surface area (Å²) < 4.78 is 36.1. The van der Waals surface area contributed by atoms with Crippen LogP contribution in [0.1, 0.15) is 0 Å². The summed E-state index contributed by atoms with van der Waals surface area (Å²) in [4.78, 5) is 0. The van der Waals surface area contributed by atoms with Gasteiger partial charge in [-0.25, -0.2) is 0 Å². The van der Waals surface area contributed by atoms with Crippen LogP contribution >= 0.6 is 0 Å². The van der Waals surface area contributed by atoms with E-state index in [1.165, 1.54) is 5.70 Å². The van der Waals surface area contributed by atoms with Crippen molar-refractivity contribution < 1.29 is 13.2 Å². The molecule has 82 valence electrons. The monoisotopic (exact) mass is 230 g/mol. The Hall–Kier alpha value is -1.03. The first-order valence-electron chi connectivity index (χ1n) is 4.64. The molecule has 1 aromatic carbocycles. The SMILES string of the molecule is C[Si](C)(/C=C\C(F)(F)F)c1ccccc1. The van der Waals surface area contributed by atoms with E-state index in [0.717, 1.165) is 5.19 Å². The lowest BCUT2D eigenvalue weighted by Crippen LogP contribution is -2.39. The summed E-state index contributed by atoms with van der Waals surface area (Å²) in [6.07, 6.45) is -3.86. The number of alkyl halides is 3. The average molecular weight is 230 g/mol. The van der Waals surface area contributed by atoms with Crippen molar-refractivity contribution >= 4 is 13.3 Å². The van der Waals surface area contributed by atoms with E-state index >= 15 is 0 Å². The van der Waals surface area contributed by atoms with Crippen LogP contribution in [0.5, 0.6) is 0 Å². The van der Waals surface area contributed by atoms with E-state index in [9.17, 15) is 13.2 Å². The number of halogens is 3. The molecule has 0 heterocycles. The molecule has 0 nitrogen and oxygen atoms in total. The fraction of sp³-hybridized carbons (Fsp3) is 0.273. The smallest absolute Gasteiger partial charge is 0.167 e. The van der Waals surface area contributed by atoms with Gasteiger partial charge in [0.2, 0.25) is 0 Å². The van der Waals surface area contributed by atoms with Crippen LogP contribution in [0.2, 0.25) is 13.1 Å². The van der Waals surface area contributed by atoms with Crippen LogP contribution in [0.25, 0.3) is 0 Å². The molecular weight excluding hydrogens is 217 g/mol. The summed E-state index contributed by atoms with van der Waals surface area (Å²) in [7, 11) is -2.09. The summed E-state index contributed by atoms with van der Waals surface area (Å²) in [6, 6.07) is 9.33. The van der Waals surface area contributed by atoms with Crippen molar-refractivity contribution in [3.05, 3.63) is 42.1 Å². The van der Waals surface area contributed by atoms with Crippen LogP contribution in [0.15, 0.2) is 42.1 Å². The molecule has 0 radical (unpaired) electrons. The topological polar surface area (TPSA) is 0 Å². The Morgan fingerprint density at radius 3 is 2.07 bits per heavy atom. The van der Waals surface area contributed by atoms with Crippen LogP contribution in [-0.4, -0.2) is 14.3 Å². The number of hydrogen-bond acceptors (Lipinski definition) is 0. The van der Waals surface area contributed by atoms with Crippen LogP contribution < -0.4 is 5.19 Å². The Balaban J connectivity index is 2.90. The Kier molecular flexibility index (Phi) is 3.39. The van der Waals surface area contributed by atoms with Crippen LogP contribution in [0, 0.1) is 0 Å². The molecule has 1 rings (SSSR count). The highest BCUT2D eigenvalue weighted by atomic mass is 28.3. The van der Waals surface area contributed by atoms with Crippen molar-refractivity contribution in [2.75, 3.05) is 0 Å². The third kappa shape index (κ3) is 3.91. The highest BCUT2D eigenvalue weighted by Crippen LogP contribution is 2.18. The largest absolute Gasteiger partial charge is 0.409 e. The zero-order valence-electron chi connectivity index (χ0n) is 8.68. The van der Waals surface area contributed by atoms with E-state index in [1.807, 2.05) is 43.4 Å². The fourth-order valence-electron chi connectivity index (χ4n) is 1.27. The maximum absolute atomic E-state index is 12.0. The van der Waals surface area contributed by atoms with Crippen molar-refractivity contribution in [1.29, 1.82) is 0 Å². The maximum Gasteiger partial charge on any atom is 0.409 e. The lowest BCUT2D eigenvalue weighted by atomic mass is 10.4. The number of hydrogen-bond donors (Lipinski definition) is 0. The lowest BCUT2D eigenvalue weighted by molar-refractivity contribution is -0.0797. The maximum atomic E-state index is 12.0. The minimum absolute atomic E-state index is 0.353. The second kappa shape index (κ2) is 4.22. The molecule has 0 aliphatic carbocycles. The van der Waals surface area contributed by atoms with Gasteiger partial charge in [-0.3, -0.25) is 0 Å². The molecule has 0 fully saturated rings. The molecule has 0 saturated carbocycles. The van der Waals surface area contributed by atoms with Crippen LogP contribution in [0.4, 0.5) is 13.2 Å². The summed E-state index contributed by atoms with van der Waals surface area (Å²) in [6.45, 7) is 3.79. The first-order valence-corrected chi connectivity index (χ1v) is 7.72. The number of benzene rings is 1. The van der Waals surface area contributed by atoms with Crippen molar-refractivity contribution in [2.45, 2.75) is 19.3 Å². The normalized spacial score (nSPS) is 13.4. The van der Waals surface area contributed by atoms with Gasteiger partial charge < -0.3 is 0 Å². The van der Waals surface area contributed by atoms with Crippen molar-refractivity contribution in [2.24, 2.45) is 0 Å². The molecule has 0 bridgehead atoms. The molecule has 0 aliphatic rings. The molecule has 0 N–H and O–H groups in total. The third-order valence-electron chi connectivity index (χ3n) is 2.21. The van der Waals surface area contributed by atoms with E-state index in [4.69, 9.17) is 0 Å². The molecule has 15 heavy (non-hydrogen) atoms. The molecule has 0 atom stereocenters. The molecule has 0 aliphatic heterocycles. The van der Waals surface area contributed by atoms with E-state index in [0.29, 0.717) is 6.08 Å². The van der Waals surface area contributed by atoms with Gasteiger partial charge in [0.1, 0.15) is 8.07 Å². The predicted molar refractivity (Wildman–Crippen MR) is 58.8 cm³/mol. The molecule has 0 unspecified atom stereocenters. The highest BCUT2D eigenvalue weighted by Gasteiger charge is 2.26. The standard InChI is InChI=1S/C11H13F3Si/c1-15(2,9-8-11(12,13)14)10-6-4-3-5-7-10/h3-9H,1-2H3/b9-8-. The number of rotatable bonds is 2. The Morgan fingerprint density at radius 2 is 1.60 bits per heavy atom. The molecular formula is C11H13F3Si. The van der Waals surface area contributed by atoms with Gasteiger partial charge >= 0.3 is 6.18 Å². The number of allylic oxidation sites excluding steroid dienone is 1. The third-order valence-corrected chi connectivity index (χ3v) is 5.03. The zero-order chi connectivity index (χ0) is 11.5. The molecule has 0 spiro atoms. The minimum Gasteiger partial charge on any atom is -0.167 e. The molecule has 0 aromatic heterocycles. The van der Waals surface area contributed by atoms with E-state index in [1.54, 1.807) is 0 Å². The minimum atomic E-state index is -4.21. The van der Waals surface area contributed by atoms with E-state index in [-0.39, 0.29) is 0 Å². The summed E-state index contributed by atoms with van der Waals surface area (Å²) in [5, 5.41) is 1.01. The second-order valence-corrected chi connectivity index (χ2v) is 8.32. The second-order valence-electron chi connectivity index (χ2n) is 3.96. The van der Waals surface area contributed by atoms with Gasteiger partial charge in [0.05, 0.1) is 0 Å². The van der Waals surface area contributed by atoms with E-state index < -0.39 is 14.3 Å².